The third kappa shape index (κ3) is 1.78. The number of hydrogen-bond acceptors (Lipinski definition) is 3. The highest BCUT2D eigenvalue weighted by atomic mass is 16.1. The summed E-state index contributed by atoms with van der Waals surface area (Å²) in [6, 6.07) is 15.8. The highest BCUT2D eigenvalue weighted by Gasteiger charge is 2.22. The van der Waals surface area contributed by atoms with Crippen LogP contribution in [0, 0.1) is 0 Å². The molecule has 1 amide bonds. The fraction of sp³-hybridized carbons (Fsp3) is 0.105. The van der Waals surface area contributed by atoms with Gasteiger partial charge >= 0.3 is 0 Å². The number of fused-ring (bicyclic) bond motifs is 1. The molecule has 5 nitrogen and oxygen atoms in total. The molecular weight excluding hydrogens is 300 g/mol. The number of pyridine rings is 1. The molecule has 0 radical (unpaired) electrons. The maximum absolute atomic E-state index is 12.3. The number of carbonyl (C=O) groups excluding carboxylic acids is 1. The standard InChI is InChI=1S/C19H14N4O/c24-19-14-6-3-7-15-17(14)23(11-10-21-19)18(22-15)16-13-5-2-1-4-12(13)8-9-20-16/h1-9H,10-11H2,(H,21,24). The number of nitrogens with zero attached hydrogens (tertiary/aromatic N) is 3. The summed E-state index contributed by atoms with van der Waals surface area (Å²) in [5.41, 5.74) is 3.24. The molecule has 0 atom stereocenters. The van der Waals surface area contributed by atoms with E-state index < -0.39 is 0 Å². The van der Waals surface area contributed by atoms with Crippen LogP contribution in [-0.2, 0) is 6.54 Å². The molecule has 2 aromatic carbocycles. The minimum Gasteiger partial charge on any atom is -0.350 e. The van der Waals surface area contributed by atoms with Crippen molar-refractivity contribution in [2.45, 2.75) is 6.54 Å². The second kappa shape index (κ2) is 4.89. The summed E-state index contributed by atoms with van der Waals surface area (Å²) in [4.78, 5) is 21.7. The highest BCUT2D eigenvalue weighted by molar-refractivity contribution is 6.06. The molecule has 4 aromatic rings. The van der Waals surface area contributed by atoms with Crippen LogP contribution in [0.2, 0.25) is 0 Å². The van der Waals surface area contributed by atoms with Gasteiger partial charge in [-0.2, -0.15) is 0 Å². The number of para-hydroxylation sites is 1. The van der Waals surface area contributed by atoms with E-state index in [1.54, 1.807) is 0 Å². The summed E-state index contributed by atoms with van der Waals surface area (Å²) in [6.45, 7) is 1.26. The molecule has 5 heteroatoms. The lowest BCUT2D eigenvalue weighted by atomic mass is 10.1. The van der Waals surface area contributed by atoms with Gasteiger partial charge in [0.2, 0.25) is 0 Å². The summed E-state index contributed by atoms with van der Waals surface area (Å²) >= 11 is 0. The lowest BCUT2D eigenvalue weighted by molar-refractivity contribution is 0.0956. The number of amides is 1. The average Bonchev–Trinajstić information content (AvgIpc) is 2.90. The zero-order valence-electron chi connectivity index (χ0n) is 12.9. The maximum Gasteiger partial charge on any atom is 0.253 e. The summed E-state index contributed by atoms with van der Waals surface area (Å²) in [5.74, 6) is 0.766. The zero-order chi connectivity index (χ0) is 16.1. The van der Waals surface area contributed by atoms with Gasteiger partial charge < -0.3 is 9.88 Å². The zero-order valence-corrected chi connectivity index (χ0v) is 12.9. The van der Waals surface area contributed by atoms with E-state index in [0.717, 1.165) is 33.3 Å². The monoisotopic (exact) mass is 314 g/mol. The summed E-state index contributed by atoms with van der Waals surface area (Å²) in [7, 11) is 0. The van der Waals surface area contributed by atoms with Crippen molar-refractivity contribution in [3.8, 4) is 11.5 Å². The van der Waals surface area contributed by atoms with Crippen LogP contribution >= 0.6 is 0 Å². The van der Waals surface area contributed by atoms with Crippen LogP contribution in [0.5, 0.6) is 0 Å². The molecule has 24 heavy (non-hydrogen) atoms. The van der Waals surface area contributed by atoms with Crippen LogP contribution in [-0.4, -0.2) is 27.0 Å². The normalized spacial score (nSPS) is 13.9. The van der Waals surface area contributed by atoms with Crippen molar-refractivity contribution in [1.82, 2.24) is 19.9 Å². The van der Waals surface area contributed by atoms with Crippen LogP contribution in [0.15, 0.2) is 54.7 Å². The lowest BCUT2D eigenvalue weighted by Gasteiger charge is -2.09. The van der Waals surface area contributed by atoms with Crippen molar-refractivity contribution in [2.24, 2.45) is 0 Å². The number of carbonyl (C=O) groups is 1. The molecule has 1 N–H and O–H groups in total. The van der Waals surface area contributed by atoms with E-state index in [1.165, 1.54) is 0 Å². The fourth-order valence-electron chi connectivity index (χ4n) is 3.44. The van der Waals surface area contributed by atoms with Gasteiger partial charge in [0, 0.05) is 24.7 Å². The molecule has 1 aliphatic heterocycles. The number of hydrogen-bond donors (Lipinski definition) is 1. The molecule has 0 saturated heterocycles. The second-order valence-electron chi connectivity index (χ2n) is 5.90. The van der Waals surface area contributed by atoms with Gasteiger partial charge in [-0.1, -0.05) is 30.3 Å². The first kappa shape index (κ1) is 13.2. The molecule has 3 heterocycles. The quantitative estimate of drug-likeness (QED) is 0.587. The van der Waals surface area contributed by atoms with Crippen LogP contribution in [0.4, 0.5) is 0 Å². The van der Waals surface area contributed by atoms with Crippen LogP contribution < -0.4 is 5.32 Å². The predicted octanol–water partition coefficient (Wildman–Crippen LogP) is 2.99. The molecule has 2 aromatic heterocycles. The lowest BCUT2D eigenvalue weighted by Crippen LogP contribution is -2.24. The van der Waals surface area contributed by atoms with E-state index in [-0.39, 0.29) is 5.91 Å². The van der Waals surface area contributed by atoms with E-state index >= 15 is 0 Å². The molecule has 1 aliphatic rings. The van der Waals surface area contributed by atoms with Gasteiger partial charge in [0.25, 0.3) is 5.91 Å². The summed E-state index contributed by atoms with van der Waals surface area (Å²) < 4.78 is 2.11. The number of benzene rings is 2. The Labute approximate surface area is 138 Å². The number of imidazole rings is 1. The van der Waals surface area contributed by atoms with E-state index in [4.69, 9.17) is 4.98 Å². The Morgan fingerprint density at radius 2 is 1.96 bits per heavy atom. The third-order valence-corrected chi connectivity index (χ3v) is 4.52. The Bertz CT molecular complexity index is 1110. The highest BCUT2D eigenvalue weighted by Crippen LogP contribution is 2.31. The molecular formula is C19H14N4O. The van der Waals surface area contributed by atoms with Crippen molar-refractivity contribution in [1.29, 1.82) is 0 Å². The van der Waals surface area contributed by atoms with Gasteiger partial charge in [0.15, 0.2) is 5.82 Å². The SMILES string of the molecule is O=C1NCCn2c(-c3nccc4ccccc34)nc3cccc1c32. The van der Waals surface area contributed by atoms with E-state index in [9.17, 15) is 4.79 Å². The molecule has 0 bridgehead atoms. The van der Waals surface area contributed by atoms with Crippen LogP contribution in [0.3, 0.4) is 0 Å². The number of rotatable bonds is 1. The number of nitrogens with one attached hydrogen (secondary N) is 1. The Hall–Kier alpha value is -3.21. The fourth-order valence-corrected chi connectivity index (χ4v) is 3.44. The van der Waals surface area contributed by atoms with Crippen molar-refractivity contribution < 1.29 is 4.79 Å². The predicted molar refractivity (Wildman–Crippen MR) is 92.8 cm³/mol. The van der Waals surface area contributed by atoms with Crippen molar-refractivity contribution >= 4 is 27.7 Å². The second-order valence-corrected chi connectivity index (χ2v) is 5.90. The molecule has 0 saturated carbocycles. The van der Waals surface area contributed by atoms with Crippen molar-refractivity contribution in [3.05, 3.63) is 60.3 Å². The first-order chi connectivity index (χ1) is 11.8. The van der Waals surface area contributed by atoms with Gasteiger partial charge in [-0.05, 0) is 23.6 Å². The molecule has 0 spiro atoms. The summed E-state index contributed by atoms with van der Waals surface area (Å²) in [6.07, 6.45) is 1.81. The van der Waals surface area contributed by atoms with Gasteiger partial charge in [-0.3, -0.25) is 9.78 Å². The Balaban J connectivity index is 1.89. The number of aromatic nitrogens is 3. The van der Waals surface area contributed by atoms with Crippen molar-refractivity contribution in [2.75, 3.05) is 6.54 Å². The third-order valence-electron chi connectivity index (χ3n) is 4.52. The first-order valence-corrected chi connectivity index (χ1v) is 7.94. The minimum atomic E-state index is -0.0447. The van der Waals surface area contributed by atoms with Gasteiger partial charge in [0.05, 0.1) is 16.6 Å². The first-order valence-electron chi connectivity index (χ1n) is 7.94. The smallest absolute Gasteiger partial charge is 0.253 e. The Morgan fingerprint density at radius 1 is 1.04 bits per heavy atom. The molecule has 0 aliphatic carbocycles. The van der Waals surface area contributed by atoms with Crippen LogP contribution in [0.1, 0.15) is 10.4 Å². The largest absolute Gasteiger partial charge is 0.350 e. The average molecular weight is 314 g/mol. The Kier molecular flexibility index (Phi) is 2.70. The van der Waals surface area contributed by atoms with Crippen molar-refractivity contribution in [3.63, 3.8) is 0 Å². The van der Waals surface area contributed by atoms with Crippen LogP contribution in [0.25, 0.3) is 33.3 Å². The maximum atomic E-state index is 12.3. The van der Waals surface area contributed by atoms with Gasteiger partial charge in [-0.25, -0.2) is 4.98 Å². The molecule has 0 unspecified atom stereocenters. The minimum absolute atomic E-state index is 0.0447. The Morgan fingerprint density at radius 3 is 2.92 bits per heavy atom. The van der Waals surface area contributed by atoms with E-state index in [1.807, 2.05) is 42.6 Å². The molecule has 116 valence electrons. The topological polar surface area (TPSA) is 59.8 Å². The summed E-state index contributed by atoms with van der Waals surface area (Å²) in [5, 5.41) is 5.14. The molecule has 5 rings (SSSR count). The van der Waals surface area contributed by atoms with Gasteiger partial charge in [-0.15, -0.1) is 0 Å². The molecule has 0 fully saturated rings. The van der Waals surface area contributed by atoms with E-state index in [0.29, 0.717) is 18.7 Å². The van der Waals surface area contributed by atoms with E-state index in [2.05, 4.69) is 27.0 Å². The van der Waals surface area contributed by atoms with Gasteiger partial charge in [0.1, 0.15) is 5.69 Å².